The molecule has 102 valence electrons. The van der Waals surface area contributed by atoms with E-state index in [9.17, 15) is 4.39 Å². The highest BCUT2D eigenvalue weighted by atomic mass is 19.1. The Labute approximate surface area is 117 Å². The van der Waals surface area contributed by atoms with Crippen LogP contribution in [0.2, 0.25) is 0 Å². The molecule has 1 aromatic rings. The zero-order chi connectivity index (χ0) is 14.8. The lowest BCUT2D eigenvalue weighted by molar-refractivity contribution is 0.305. The van der Waals surface area contributed by atoms with Crippen molar-refractivity contribution in [1.82, 2.24) is 4.90 Å². The third-order valence-corrected chi connectivity index (χ3v) is 2.42. The number of hydrogen-bond donors (Lipinski definition) is 1. The quantitative estimate of drug-likeness (QED) is 0.649. The smallest absolute Gasteiger partial charge is 0.124 e. The molecular formula is C15H14FN3O. The minimum atomic E-state index is -0.412. The van der Waals surface area contributed by atoms with Crippen molar-refractivity contribution in [2.24, 2.45) is 0 Å². The second-order valence-electron chi connectivity index (χ2n) is 4.08. The van der Waals surface area contributed by atoms with Crippen LogP contribution in [0, 0.1) is 40.3 Å². The van der Waals surface area contributed by atoms with E-state index in [1.165, 1.54) is 12.1 Å². The van der Waals surface area contributed by atoms with Crippen LogP contribution >= 0.6 is 0 Å². The first-order chi connectivity index (χ1) is 9.69. The molecule has 0 saturated carbocycles. The maximum atomic E-state index is 13.5. The molecule has 1 N–H and O–H groups in total. The van der Waals surface area contributed by atoms with Crippen molar-refractivity contribution < 1.29 is 9.50 Å². The number of aliphatic hydroxyl groups excluding tert-OH is 1. The van der Waals surface area contributed by atoms with Gasteiger partial charge < -0.3 is 5.11 Å². The van der Waals surface area contributed by atoms with Crippen molar-refractivity contribution in [3.8, 4) is 24.0 Å². The molecule has 0 aromatic heterocycles. The van der Waals surface area contributed by atoms with Crippen LogP contribution < -0.4 is 0 Å². The van der Waals surface area contributed by atoms with E-state index in [0.717, 1.165) is 0 Å². The average molecular weight is 271 g/mol. The summed E-state index contributed by atoms with van der Waals surface area (Å²) in [4.78, 5) is 1.61. The minimum Gasteiger partial charge on any atom is -0.395 e. The molecular weight excluding hydrogens is 257 g/mol. The van der Waals surface area contributed by atoms with Gasteiger partial charge in [-0.25, -0.2) is 4.39 Å². The molecule has 0 amide bonds. The fourth-order valence-corrected chi connectivity index (χ4v) is 1.66. The molecule has 4 nitrogen and oxygen atoms in total. The lowest BCUT2D eigenvalue weighted by atomic mass is 10.1. The van der Waals surface area contributed by atoms with E-state index < -0.39 is 5.82 Å². The van der Waals surface area contributed by atoms with Gasteiger partial charge in [0.25, 0.3) is 0 Å². The topological polar surface area (TPSA) is 71.0 Å². The summed E-state index contributed by atoms with van der Waals surface area (Å²) in [5.41, 5.74) is 1.17. The molecule has 0 aliphatic rings. The van der Waals surface area contributed by atoms with Gasteiger partial charge in [0.2, 0.25) is 0 Å². The van der Waals surface area contributed by atoms with Crippen molar-refractivity contribution in [2.75, 3.05) is 19.7 Å². The van der Waals surface area contributed by atoms with E-state index in [2.05, 4.69) is 11.8 Å². The summed E-state index contributed by atoms with van der Waals surface area (Å²) in [6.07, 6.45) is 0.334. The SMILES string of the molecule is N#CCN(CC#N)Cc1cc(F)cc(C#CCCO)c1. The molecule has 0 heterocycles. The first-order valence-electron chi connectivity index (χ1n) is 6.05. The van der Waals surface area contributed by atoms with E-state index in [0.29, 0.717) is 24.1 Å². The summed E-state index contributed by atoms with van der Waals surface area (Å²) in [5.74, 6) is 5.08. The fourth-order valence-electron chi connectivity index (χ4n) is 1.66. The standard InChI is InChI=1S/C15H14FN3O/c16-15-10-13(3-1-2-8-20)9-14(11-15)12-19(6-4-17)7-5-18/h9-11,20H,2,6-8,12H2. The predicted molar refractivity (Wildman–Crippen MR) is 71.5 cm³/mol. The van der Waals surface area contributed by atoms with E-state index in [4.69, 9.17) is 15.6 Å². The number of hydrogen-bond acceptors (Lipinski definition) is 4. The maximum absolute atomic E-state index is 13.5. The highest BCUT2D eigenvalue weighted by Crippen LogP contribution is 2.11. The Morgan fingerprint density at radius 3 is 2.45 bits per heavy atom. The van der Waals surface area contributed by atoms with Crippen LogP contribution in [0.5, 0.6) is 0 Å². The van der Waals surface area contributed by atoms with Gasteiger partial charge in [-0.1, -0.05) is 11.8 Å². The molecule has 0 bridgehead atoms. The molecule has 0 aliphatic heterocycles. The van der Waals surface area contributed by atoms with Gasteiger partial charge in [-0.05, 0) is 23.8 Å². The summed E-state index contributed by atoms with van der Waals surface area (Å²) in [5, 5.41) is 26.0. The summed E-state index contributed by atoms with van der Waals surface area (Å²) >= 11 is 0. The van der Waals surface area contributed by atoms with Crippen LogP contribution in [0.4, 0.5) is 4.39 Å². The summed E-state index contributed by atoms with van der Waals surface area (Å²) in [7, 11) is 0. The first-order valence-corrected chi connectivity index (χ1v) is 6.05. The molecule has 0 unspecified atom stereocenters. The van der Waals surface area contributed by atoms with E-state index in [1.807, 2.05) is 12.1 Å². The Bertz CT molecular complexity index is 574. The van der Waals surface area contributed by atoms with Crippen LogP contribution in [0.1, 0.15) is 17.5 Å². The number of aliphatic hydroxyl groups is 1. The molecule has 0 spiro atoms. The molecule has 0 fully saturated rings. The zero-order valence-electron chi connectivity index (χ0n) is 10.9. The summed E-state index contributed by atoms with van der Waals surface area (Å²) < 4.78 is 13.5. The van der Waals surface area contributed by atoms with Gasteiger partial charge in [0.05, 0.1) is 31.8 Å². The van der Waals surface area contributed by atoms with Crippen LogP contribution in [-0.2, 0) is 6.54 Å². The van der Waals surface area contributed by atoms with Crippen LogP contribution in [0.15, 0.2) is 18.2 Å². The third-order valence-electron chi connectivity index (χ3n) is 2.42. The predicted octanol–water partition coefficient (Wildman–Crippen LogP) is 1.41. The Hall–Kier alpha value is -2.39. The second-order valence-corrected chi connectivity index (χ2v) is 4.08. The molecule has 20 heavy (non-hydrogen) atoms. The van der Waals surface area contributed by atoms with Crippen molar-refractivity contribution in [3.05, 3.63) is 35.1 Å². The van der Waals surface area contributed by atoms with Gasteiger partial charge in [-0.15, -0.1) is 0 Å². The summed E-state index contributed by atoms with van der Waals surface area (Å²) in [6.45, 7) is 0.492. The average Bonchev–Trinajstić information content (AvgIpc) is 2.39. The molecule has 1 aromatic carbocycles. The van der Waals surface area contributed by atoms with Crippen molar-refractivity contribution in [3.63, 3.8) is 0 Å². The molecule has 0 aliphatic carbocycles. The van der Waals surface area contributed by atoms with Crippen LogP contribution in [-0.4, -0.2) is 29.7 Å². The van der Waals surface area contributed by atoms with Gasteiger partial charge in [-0.2, -0.15) is 10.5 Å². The molecule has 1 rings (SSSR count). The molecule has 0 atom stereocenters. The highest BCUT2D eigenvalue weighted by molar-refractivity contribution is 5.37. The van der Waals surface area contributed by atoms with Gasteiger partial charge in [0, 0.05) is 18.5 Å². The Morgan fingerprint density at radius 1 is 1.15 bits per heavy atom. The third kappa shape index (κ3) is 5.50. The van der Waals surface area contributed by atoms with Gasteiger partial charge in [0.15, 0.2) is 0 Å². The number of benzene rings is 1. The zero-order valence-corrected chi connectivity index (χ0v) is 10.9. The van der Waals surface area contributed by atoms with Gasteiger partial charge in [-0.3, -0.25) is 4.90 Å². The monoisotopic (exact) mass is 271 g/mol. The van der Waals surface area contributed by atoms with Crippen LogP contribution in [0.25, 0.3) is 0 Å². The lowest BCUT2D eigenvalue weighted by Gasteiger charge is -2.15. The Kier molecular flexibility index (Phi) is 6.79. The van der Waals surface area contributed by atoms with Gasteiger partial charge in [0.1, 0.15) is 5.82 Å². The number of nitriles is 2. The fraction of sp³-hybridized carbons (Fsp3) is 0.333. The first kappa shape index (κ1) is 15.7. The van der Waals surface area contributed by atoms with E-state index in [-0.39, 0.29) is 19.7 Å². The van der Waals surface area contributed by atoms with Crippen LogP contribution in [0.3, 0.4) is 0 Å². The van der Waals surface area contributed by atoms with E-state index >= 15 is 0 Å². The maximum Gasteiger partial charge on any atom is 0.124 e. The normalized spacial score (nSPS) is 9.45. The largest absolute Gasteiger partial charge is 0.395 e. The minimum absolute atomic E-state index is 0.0344. The Morgan fingerprint density at radius 2 is 1.85 bits per heavy atom. The Balaban J connectivity index is 2.88. The highest BCUT2D eigenvalue weighted by Gasteiger charge is 2.07. The lowest BCUT2D eigenvalue weighted by Crippen LogP contribution is -2.24. The summed E-state index contributed by atoms with van der Waals surface area (Å²) in [6, 6.07) is 8.33. The molecule has 5 heteroatoms. The molecule has 0 radical (unpaired) electrons. The molecule has 0 saturated heterocycles. The van der Waals surface area contributed by atoms with Crippen molar-refractivity contribution >= 4 is 0 Å². The van der Waals surface area contributed by atoms with Crippen molar-refractivity contribution in [1.29, 1.82) is 10.5 Å². The number of rotatable bonds is 5. The van der Waals surface area contributed by atoms with Crippen molar-refractivity contribution in [2.45, 2.75) is 13.0 Å². The van der Waals surface area contributed by atoms with Gasteiger partial charge >= 0.3 is 0 Å². The second kappa shape index (κ2) is 8.67. The number of halogens is 1. The number of nitrogens with zero attached hydrogens (tertiary/aromatic N) is 3. The van der Waals surface area contributed by atoms with E-state index in [1.54, 1.807) is 11.0 Å².